The second kappa shape index (κ2) is 8.35. The molecule has 10 nitrogen and oxygen atoms in total. The minimum absolute atomic E-state index is 0.155. The third-order valence-electron chi connectivity index (χ3n) is 6.32. The predicted octanol–water partition coefficient (Wildman–Crippen LogP) is 1.67. The zero-order chi connectivity index (χ0) is 23.1. The summed E-state index contributed by atoms with van der Waals surface area (Å²) < 4.78 is 5.20. The summed E-state index contributed by atoms with van der Waals surface area (Å²) in [5, 5.41) is 21.7. The van der Waals surface area contributed by atoms with Gasteiger partial charge in [-0.15, -0.1) is 9.90 Å². The van der Waals surface area contributed by atoms with Crippen molar-refractivity contribution in [1.29, 1.82) is 5.26 Å². The van der Waals surface area contributed by atoms with E-state index in [1.54, 1.807) is 20.0 Å². The summed E-state index contributed by atoms with van der Waals surface area (Å²) in [6.07, 6.45) is 1.73. The normalized spacial score (nSPS) is 18.1. The highest BCUT2D eigenvalue weighted by Crippen LogP contribution is 2.30. The molecule has 2 aliphatic rings. The summed E-state index contributed by atoms with van der Waals surface area (Å²) in [5.74, 6) is 0.122. The zero-order valence-electron chi connectivity index (χ0n) is 18.8. The fourth-order valence-electron chi connectivity index (χ4n) is 4.55. The van der Waals surface area contributed by atoms with Crippen molar-refractivity contribution in [1.82, 2.24) is 35.2 Å². The van der Waals surface area contributed by atoms with Gasteiger partial charge in [-0.25, -0.2) is 14.8 Å². The molecule has 0 aliphatic carbocycles. The van der Waals surface area contributed by atoms with Crippen LogP contribution >= 0.6 is 0 Å². The van der Waals surface area contributed by atoms with Crippen LogP contribution in [0.5, 0.6) is 0 Å². The van der Waals surface area contributed by atoms with E-state index in [9.17, 15) is 10.1 Å². The van der Waals surface area contributed by atoms with E-state index in [2.05, 4.69) is 43.4 Å². The zero-order valence-corrected chi connectivity index (χ0v) is 18.8. The minimum Gasteiger partial charge on any atom is -0.457 e. The molecule has 1 fully saturated rings. The average Bonchev–Trinajstić information content (AvgIpc) is 3.41. The molecule has 0 bridgehead atoms. The fraction of sp³-hybridized carbons (Fsp3) is 0.391. The molecule has 2 aliphatic heterocycles. The van der Waals surface area contributed by atoms with Gasteiger partial charge in [0.05, 0.1) is 34.4 Å². The number of carbonyl (C=O) groups is 1. The Balaban J connectivity index is 1.31. The lowest BCUT2D eigenvalue weighted by atomic mass is 9.93. The van der Waals surface area contributed by atoms with Crippen LogP contribution in [0.15, 0.2) is 18.3 Å². The number of nitriles is 1. The Morgan fingerprint density at radius 1 is 1.24 bits per heavy atom. The van der Waals surface area contributed by atoms with Crippen molar-refractivity contribution in [2.24, 2.45) is 0 Å². The van der Waals surface area contributed by atoms with E-state index in [-0.39, 0.29) is 12.0 Å². The number of hydrogen-bond donors (Lipinski definition) is 1. The van der Waals surface area contributed by atoms with Crippen molar-refractivity contribution in [3.05, 3.63) is 63.2 Å². The molecule has 4 heterocycles. The van der Waals surface area contributed by atoms with Crippen LogP contribution in [-0.4, -0.2) is 55.5 Å². The molecule has 0 amide bonds. The van der Waals surface area contributed by atoms with E-state index < -0.39 is 0 Å². The molecule has 1 saturated heterocycles. The molecule has 0 radical (unpaired) electrons. The van der Waals surface area contributed by atoms with E-state index in [1.165, 1.54) is 10.4 Å². The van der Waals surface area contributed by atoms with Gasteiger partial charge in [0, 0.05) is 37.8 Å². The molecule has 0 unspecified atom stereocenters. The maximum atomic E-state index is 11.9. The number of esters is 1. The third-order valence-corrected chi connectivity index (χ3v) is 6.32. The maximum Gasteiger partial charge on any atom is 0.338 e. The number of nitrogens with one attached hydrogen (secondary N) is 1. The van der Waals surface area contributed by atoms with Gasteiger partial charge in [-0.1, -0.05) is 6.07 Å². The highest BCUT2D eigenvalue weighted by molar-refractivity contribution is 5.94. The van der Waals surface area contributed by atoms with Crippen LogP contribution in [0.3, 0.4) is 0 Å². The largest absolute Gasteiger partial charge is 0.457 e. The van der Waals surface area contributed by atoms with Crippen LogP contribution < -0.4 is 5.32 Å². The summed E-state index contributed by atoms with van der Waals surface area (Å²) in [6, 6.07) is 6.19. The van der Waals surface area contributed by atoms with Gasteiger partial charge >= 0.3 is 5.97 Å². The van der Waals surface area contributed by atoms with Crippen LogP contribution in [0.25, 0.3) is 5.95 Å². The van der Waals surface area contributed by atoms with Gasteiger partial charge in [0.15, 0.2) is 0 Å². The van der Waals surface area contributed by atoms with E-state index in [1.807, 2.05) is 12.1 Å². The summed E-state index contributed by atoms with van der Waals surface area (Å²) >= 11 is 0. The molecule has 33 heavy (non-hydrogen) atoms. The summed E-state index contributed by atoms with van der Waals surface area (Å²) in [5.41, 5.74) is 6.51. The number of piperazine rings is 1. The number of carbonyl (C=O) groups excluding carboxylic acids is 1. The lowest BCUT2D eigenvalue weighted by molar-refractivity contribution is 0.0535. The fourth-order valence-corrected chi connectivity index (χ4v) is 4.55. The van der Waals surface area contributed by atoms with Crippen LogP contribution in [0, 0.1) is 32.1 Å². The number of fused-ring (bicyclic) bond motifs is 1. The smallest absolute Gasteiger partial charge is 0.338 e. The summed E-state index contributed by atoms with van der Waals surface area (Å²) in [4.78, 5) is 24.4. The van der Waals surface area contributed by atoms with Gasteiger partial charge in [0.1, 0.15) is 12.7 Å². The first-order chi connectivity index (χ1) is 15.9. The Hall–Kier alpha value is -3.68. The van der Waals surface area contributed by atoms with Crippen LogP contribution in [-0.2, 0) is 17.9 Å². The second-order valence-corrected chi connectivity index (χ2v) is 8.43. The van der Waals surface area contributed by atoms with Crippen molar-refractivity contribution < 1.29 is 9.53 Å². The SMILES string of the molecule is Cc1nc(-n2ncc(CN3CCN[C@H](c4ccc5c(c4C)COC5=O)C3)n2)nc(C)c1C#N. The number of nitrogens with zero attached hydrogens (tertiary/aromatic N) is 7. The minimum atomic E-state index is -0.238. The van der Waals surface area contributed by atoms with Crippen molar-refractivity contribution in [2.45, 2.75) is 40.0 Å². The number of ether oxygens (including phenoxy) is 1. The molecule has 2 aromatic heterocycles. The van der Waals surface area contributed by atoms with Gasteiger partial charge < -0.3 is 10.1 Å². The first-order valence-corrected chi connectivity index (χ1v) is 10.9. The average molecular weight is 444 g/mol. The van der Waals surface area contributed by atoms with Gasteiger partial charge in [-0.2, -0.15) is 10.4 Å². The molecule has 1 N–H and O–H groups in total. The monoisotopic (exact) mass is 444 g/mol. The number of benzene rings is 1. The van der Waals surface area contributed by atoms with Crippen molar-refractivity contribution in [3.8, 4) is 12.0 Å². The molecule has 5 rings (SSSR count). The quantitative estimate of drug-likeness (QED) is 0.599. The summed E-state index contributed by atoms with van der Waals surface area (Å²) in [7, 11) is 0. The lowest BCUT2D eigenvalue weighted by Crippen LogP contribution is -2.45. The van der Waals surface area contributed by atoms with Crippen LogP contribution in [0.4, 0.5) is 0 Å². The maximum absolute atomic E-state index is 11.9. The first kappa shape index (κ1) is 21.2. The highest BCUT2D eigenvalue weighted by atomic mass is 16.5. The topological polar surface area (TPSA) is 122 Å². The van der Waals surface area contributed by atoms with Crippen molar-refractivity contribution >= 4 is 5.97 Å². The lowest BCUT2D eigenvalue weighted by Gasteiger charge is -2.34. The van der Waals surface area contributed by atoms with Crippen molar-refractivity contribution in [2.75, 3.05) is 19.6 Å². The molecular formula is C23H24N8O2. The number of rotatable bonds is 4. The molecule has 1 aromatic carbocycles. The Morgan fingerprint density at radius 2 is 2.03 bits per heavy atom. The number of aryl methyl sites for hydroxylation is 2. The molecule has 1 atom stereocenters. The third kappa shape index (κ3) is 3.86. The van der Waals surface area contributed by atoms with Gasteiger partial charge in [-0.3, -0.25) is 4.90 Å². The van der Waals surface area contributed by atoms with Crippen molar-refractivity contribution in [3.63, 3.8) is 0 Å². The number of hydrogen-bond acceptors (Lipinski definition) is 9. The predicted molar refractivity (Wildman–Crippen MR) is 117 cm³/mol. The Labute approximate surface area is 191 Å². The molecule has 3 aromatic rings. The van der Waals surface area contributed by atoms with E-state index >= 15 is 0 Å². The second-order valence-electron chi connectivity index (χ2n) is 8.43. The molecule has 10 heteroatoms. The molecule has 168 valence electrons. The Morgan fingerprint density at radius 3 is 2.79 bits per heavy atom. The van der Waals surface area contributed by atoms with Crippen LogP contribution in [0.2, 0.25) is 0 Å². The number of aromatic nitrogens is 5. The van der Waals surface area contributed by atoms with Gasteiger partial charge in [0.2, 0.25) is 0 Å². The standard InChI is InChI=1S/C23H24N8O2/c1-13-17(4-5-18-20(13)12-33-22(18)32)21-11-30(7-6-25-21)10-16-9-26-31(29-16)23-27-14(2)19(8-24)15(3)28-23/h4-5,9,21,25H,6-7,10-12H2,1-3H3/t21-/m0/s1. The van der Waals surface area contributed by atoms with E-state index in [0.29, 0.717) is 41.6 Å². The molecule has 0 spiro atoms. The Bertz CT molecular complexity index is 1270. The van der Waals surface area contributed by atoms with Crippen LogP contribution in [0.1, 0.15) is 55.7 Å². The first-order valence-electron chi connectivity index (χ1n) is 10.9. The number of cyclic esters (lactones) is 1. The molecule has 0 saturated carbocycles. The Kier molecular flexibility index (Phi) is 5.36. The van der Waals surface area contributed by atoms with E-state index in [4.69, 9.17) is 4.74 Å². The van der Waals surface area contributed by atoms with E-state index in [0.717, 1.165) is 36.5 Å². The summed E-state index contributed by atoms with van der Waals surface area (Å²) in [6.45, 7) is 9.18. The van der Waals surface area contributed by atoms with Gasteiger partial charge in [-0.05, 0) is 38.0 Å². The highest BCUT2D eigenvalue weighted by Gasteiger charge is 2.28. The molecular weight excluding hydrogens is 420 g/mol. The van der Waals surface area contributed by atoms with Gasteiger partial charge in [0.25, 0.3) is 5.95 Å².